The van der Waals surface area contributed by atoms with Gasteiger partial charge >= 0.3 is 5.97 Å². The molecule has 0 amide bonds. The van der Waals surface area contributed by atoms with Gasteiger partial charge in [-0.05, 0) is 6.92 Å². The molecule has 0 aromatic heterocycles. The predicted octanol–water partition coefficient (Wildman–Crippen LogP) is 1.96. The lowest BCUT2D eigenvalue weighted by molar-refractivity contribution is -0.143. The summed E-state index contributed by atoms with van der Waals surface area (Å²) in [5.74, 6) is -1.85. The molecule has 88 valence electrons. The fourth-order valence-corrected chi connectivity index (χ4v) is 1.39. The molecule has 0 heterocycles. The summed E-state index contributed by atoms with van der Waals surface area (Å²) < 4.78 is 4.72. The maximum atomic E-state index is 11.9. The standard InChI is InChI=1S/C13H13NO3/c1-2-17-12(15)8-11(9-14)13(16)10-6-4-3-5-7-10/h3-7,11H,2,8H2,1H3. The molecule has 0 bridgehead atoms. The van der Waals surface area contributed by atoms with E-state index in [9.17, 15) is 9.59 Å². The number of hydrogen-bond acceptors (Lipinski definition) is 4. The van der Waals surface area contributed by atoms with Gasteiger partial charge in [-0.3, -0.25) is 9.59 Å². The van der Waals surface area contributed by atoms with Crippen molar-refractivity contribution >= 4 is 11.8 Å². The molecule has 4 heteroatoms. The second-order valence-corrected chi connectivity index (χ2v) is 3.42. The fraction of sp³-hybridized carbons (Fsp3) is 0.308. The van der Waals surface area contributed by atoms with Crippen molar-refractivity contribution in [3.63, 3.8) is 0 Å². The van der Waals surface area contributed by atoms with Crippen molar-refractivity contribution in [1.29, 1.82) is 5.26 Å². The topological polar surface area (TPSA) is 67.2 Å². The second-order valence-electron chi connectivity index (χ2n) is 3.42. The number of carbonyl (C=O) groups excluding carboxylic acids is 2. The summed E-state index contributed by atoms with van der Waals surface area (Å²) in [6, 6.07) is 10.3. The summed E-state index contributed by atoms with van der Waals surface area (Å²) in [6.07, 6.45) is -0.196. The number of ketones is 1. The molecule has 17 heavy (non-hydrogen) atoms. The van der Waals surface area contributed by atoms with Crippen LogP contribution in [0, 0.1) is 17.2 Å². The first-order valence-electron chi connectivity index (χ1n) is 5.33. The SMILES string of the molecule is CCOC(=O)CC(C#N)C(=O)c1ccccc1. The van der Waals surface area contributed by atoms with Crippen LogP contribution in [-0.4, -0.2) is 18.4 Å². The Morgan fingerprint density at radius 3 is 2.53 bits per heavy atom. The molecule has 0 spiro atoms. The zero-order valence-corrected chi connectivity index (χ0v) is 9.55. The normalized spacial score (nSPS) is 11.3. The number of nitrogens with zero attached hydrogens (tertiary/aromatic N) is 1. The summed E-state index contributed by atoms with van der Waals surface area (Å²) in [5.41, 5.74) is 0.434. The van der Waals surface area contributed by atoms with Gasteiger partial charge in [0.05, 0.1) is 19.1 Å². The van der Waals surface area contributed by atoms with Crippen LogP contribution < -0.4 is 0 Å². The quantitative estimate of drug-likeness (QED) is 0.574. The number of carbonyl (C=O) groups is 2. The van der Waals surface area contributed by atoms with E-state index in [0.29, 0.717) is 5.56 Å². The van der Waals surface area contributed by atoms with Gasteiger partial charge < -0.3 is 4.74 Å². The molecule has 0 saturated heterocycles. The first-order valence-corrected chi connectivity index (χ1v) is 5.33. The maximum Gasteiger partial charge on any atom is 0.307 e. The molecule has 0 radical (unpaired) electrons. The lowest BCUT2D eigenvalue weighted by atomic mass is 9.96. The van der Waals surface area contributed by atoms with Crippen molar-refractivity contribution in [2.45, 2.75) is 13.3 Å². The number of ether oxygens (including phenoxy) is 1. The summed E-state index contributed by atoms with van der Waals surface area (Å²) in [6.45, 7) is 1.93. The van der Waals surface area contributed by atoms with E-state index in [2.05, 4.69) is 0 Å². The van der Waals surface area contributed by atoms with Gasteiger partial charge in [0, 0.05) is 5.56 Å². The molecule has 0 fully saturated rings. The van der Waals surface area contributed by atoms with Crippen LogP contribution in [0.3, 0.4) is 0 Å². The van der Waals surface area contributed by atoms with Gasteiger partial charge in [-0.25, -0.2) is 0 Å². The first-order chi connectivity index (χ1) is 8.19. The number of nitriles is 1. The van der Waals surface area contributed by atoms with Crippen molar-refractivity contribution in [3.8, 4) is 6.07 Å². The second kappa shape index (κ2) is 6.44. The van der Waals surface area contributed by atoms with Crippen molar-refractivity contribution in [2.75, 3.05) is 6.61 Å². The Bertz CT molecular complexity index is 434. The van der Waals surface area contributed by atoms with E-state index in [1.807, 2.05) is 6.07 Å². The molecule has 0 N–H and O–H groups in total. The average Bonchev–Trinajstić information content (AvgIpc) is 2.36. The minimum atomic E-state index is -0.976. The number of benzene rings is 1. The zero-order valence-electron chi connectivity index (χ0n) is 9.55. The van der Waals surface area contributed by atoms with E-state index in [-0.39, 0.29) is 18.8 Å². The van der Waals surface area contributed by atoms with Crippen LogP contribution in [0.2, 0.25) is 0 Å². The Balaban J connectivity index is 2.73. The highest BCUT2D eigenvalue weighted by molar-refractivity contribution is 6.00. The van der Waals surface area contributed by atoms with Crippen molar-refractivity contribution < 1.29 is 14.3 Å². The maximum absolute atomic E-state index is 11.9. The Hall–Kier alpha value is -2.15. The van der Waals surface area contributed by atoms with Gasteiger partial charge in [0.1, 0.15) is 5.92 Å². The van der Waals surface area contributed by atoms with Crippen LogP contribution in [0.4, 0.5) is 0 Å². The summed E-state index contributed by atoms with van der Waals surface area (Å²) in [5, 5.41) is 8.90. The lowest BCUT2D eigenvalue weighted by Crippen LogP contribution is -2.18. The van der Waals surface area contributed by atoms with Gasteiger partial charge in [-0.1, -0.05) is 30.3 Å². The van der Waals surface area contributed by atoms with Crippen molar-refractivity contribution in [3.05, 3.63) is 35.9 Å². The number of rotatable bonds is 5. The number of Topliss-reactive ketones (excluding diaryl/α,β-unsaturated/α-hetero) is 1. The minimum Gasteiger partial charge on any atom is -0.466 e. The van der Waals surface area contributed by atoms with Crippen molar-refractivity contribution in [2.24, 2.45) is 5.92 Å². The van der Waals surface area contributed by atoms with E-state index in [0.717, 1.165) is 0 Å². The Labute approximate surface area is 99.8 Å². The molecule has 0 aliphatic rings. The Morgan fingerprint density at radius 1 is 1.35 bits per heavy atom. The number of hydrogen-bond donors (Lipinski definition) is 0. The summed E-state index contributed by atoms with van der Waals surface area (Å²) in [7, 11) is 0. The zero-order chi connectivity index (χ0) is 12.7. The van der Waals surface area contributed by atoms with E-state index < -0.39 is 11.9 Å². The van der Waals surface area contributed by atoms with Crippen LogP contribution >= 0.6 is 0 Å². The highest BCUT2D eigenvalue weighted by Crippen LogP contribution is 2.12. The Kier molecular flexibility index (Phi) is 4.89. The third kappa shape index (κ3) is 3.72. The van der Waals surface area contributed by atoms with Gasteiger partial charge in [0.15, 0.2) is 5.78 Å². The molecular weight excluding hydrogens is 218 g/mol. The minimum absolute atomic E-state index is 0.196. The molecule has 1 aromatic carbocycles. The summed E-state index contributed by atoms with van der Waals surface area (Å²) >= 11 is 0. The van der Waals surface area contributed by atoms with Crippen molar-refractivity contribution in [1.82, 2.24) is 0 Å². The molecule has 1 atom stereocenters. The van der Waals surface area contributed by atoms with Gasteiger partial charge in [-0.2, -0.15) is 5.26 Å². The van der Waals surface area contributed by atoms with Crippen LogP contribution in [0.1, 0.15) is 23.7 Å². The van der Waals surface area contributed by atoms with Crippen LogP contribution in [0.25, 0.3) is 0 Å². The molecular formula is C13H13NO3. The van der Waals surface area contributed by atoms with Crippen LogP contribution in [0.5, 0.6) is 0 Å². The molecule has 1 unspecified atom stereocenters. The molecule has 0 aliphatic heterocycles. The molecule has 1 aromatic rings. The third-order valence-electron chi connectivity index (χ3n) is 2.21. The lowest BCUT2D eigenvalue weighted by Gasteiger charge is -2.07. The largest absolute Gasteiger partial charge is 0.466 e. The average molecular weight is 231 g/mol. The van der Waals surface area contributed by atoms with Gasteiger partial charge in [0.2, 0.25) is 0 Å². The summed E-state index contributed by atoms with van der Waals surface area (Å²) in [4.78, 5) is 23.1. The molecule has 1 rings (SSSR count). The van der Waals surface area contributed by atoms with E-state index in [4.69, 9.17) is 10.00 Å². The molecule has 4 nitrogen and oxygen atoms in total. The van der Waals surface area contributed by atoms with Crippen LogP contribution in [-0.2, 0) is 9.53 Å². The molecule has 0 saturated carbocycles. The van der Waals surface area contributed by atoms with E-state index in [1.54, 1.807) is 37.3 Å². The van der Waals surface area contributed by atoms with Gasteiger partial charge in [0.25, 0.3) is 0 Å². The molecule has 0 aliphatic carbocycles. The van der Waals surface area contributed by atoms with Gasteiger partial charge in [-0.15, -0.1) is 0 Å². The first kappa shape index (κ1) is 12.9. The number of esters is 1. The predicted molar refractivity (Wildman–Crippen MR) is 61.1 cm³/mol. The Morgan fingerprint density at radius 2 is 2.00 bits per heavy atom. The smallest absolute Gasteiger partial charge is 0.307 e. The monoisotopic (exact) mass is 231 g/mol. The fourth-order valence-electron chi connectivity index (χ4n) is 1.39. The van der Waals surface area contributed by atoms with Crippen LogP contribution in [0.15, 0.2) is 30.3 Å². The third-order valence-corrected chi connectivity index (χ3v) is 2.21. The highest BCUT2D eigenvalue weighted by Gasteiger charge is 2.23. The van der Waals surface area contributed by atoms with E-state index >= 15 is 0 Å². The highest BCUT2D eigenvalue weighted by atomic mass is 16.5. The van der Waals surface area contributed by atoms with E-state index in [1.165, 1.54) is 0 Å².